The lowest BCUT2D eigenvalue weighted by Gasteiger charge is -2.33. The van der Waals surface area contributed by atoms with Crippen molar-refractivity contribution in [3.8, 4) is 0 Å². The molecule has 23 heavy (non-hydrogen) atoms. The molecular weight excluding hydrogens is 289 g/mol. The Bertz CT molecular complexity index is 811. The average molecular weight is 307 g/mol. The predicted molar refractivity (Wildman–Crippen MR) is 90.1 cm³/mol. The van der Waals surface area contributed by atoms with Gasteiger partial charge < -0.3 is 4.90 Å². The summed E-state index contributed by atoms with van der Waals surface area (Å²) in [7, 11) is 0. The van der Waals surface area contributed by atoms with Crippen LogP contribution in [0, 0.1) is 5.82 Å². The van der Waals surface area contributed by atoms with Crippen molar-refractivity contribution in [1.29, 1.82) is 0 Å². The Labute approximate surface area is 134 Å². The van der Waals surface area contributed by atoms with Crippen molar-refractivity contribution in [3.63, 3.8) is 0 Å². The molecule has 1 saturated heterocycles. The van der Waals surface area contributed by atoms with E-state index in [2.05, 4.69) is 20.9 Å². The molecule has 0 atom stereocenters. The van der Waals surface area contributed by atoms with Crippen LogP contribution in [0.4, 0.5) is 10.2 Å². The minimum atomic E-state index is -0.211. The smallest absolute Gasteiger partial charge is 0.136 e. The highest BCUT2D eigenvalue weighted by Gasteiger charge is 2.22. The molecule has 0 spiro atoms. The summed E-state index contributed by atoms with van der Waals surface area (Å²) >= 11 is 0. The molecule has 0 bridgehead atoms. The Hall–Kier alpha value is -2.49. The highest BCUT2D eigenvalue weighted by Crippen LogP contribution is 2.32. The van der Waals surface area contributed by atoms with Crippen LogP contribution in [0.3, 0.4) is 0 Å². The summed E-state index contributed by atoms with van der Waals surface area (Å²) in [6.07, 6.45) is 7.72. The number of hydrogen-bond donors (Lipinski definition) is 0. The number of fused-ring (bicyclic) bond motifs is 1. The molecule has 0 N–H and O–H groups in total. The molecule has 1 fully saturated rings. The van der Waals surface area contributed by atoms with Gasteiger partial charge in [0.25, 0.3) is 0 Å². The van der Waals surface area contributed by atoms with E-state index in [4.69, 9.17) is 0 Å². The Morgan fingerprint density at radius 3 is 2.70 bits per heavy atom. The van der Waals surface area contributed by atoms with Gasteiger partial charge in [0.1, 0.15) is 11.6 Å². The number of hydrogen-bond acceptors (Lipinski definition) is 3. The monoisotopic (exact) mass is 307 g/mol. The molecule has 0 radical (unpaired) electrons. The number of halogens is 1. The predicted octanol–water partition coefficient (Wildman–Crippen LogP) is 4.15. The average Bonchev–Trinajstić information content (AvgIpc) is 2.62. The van der Waals surface area contributed by atoms with Crippen molar-refractivity contribution in [2.24, 2.45) is 0 Å². The van der Waals surface area contributed by atoms with Gasteiger partial charge in [0.15, 0.2) is 0 Å². The van der Waals surface area contributed by atoms with Crippen LogP contribution in [0.5, 0.6) is 0 Å². The van der Waals surface area contributed by atoms with E-state index >= 15 is 0 Å². The van der Waals surface area contributed by atoms with Gasteiger partial charge in [-0.25, -0.2) is 9.37 Å². The van der Waals surface area contributed by atoms with Crippen LogP contribution in [-0.2, 0) is 0 Å². The van der Waals surface area contributed by atoms with Crippen LogP contribution < -0.4 is 4.90 Å². The van der Waals surface area contributed by atoms with Crippen molar-refractivity contribution in [1.82, 2.24) is 9.97 Å². The Morgan fingerprint density at radius 2 is 1.91 bits per heavy atom. The van der Waals surface area contributed by atoms with E-state index in [-0.39, 0.29) is 5.82 Å². The maximum absolute atomic E-state index is 13.6. The molecule has 0 saturated carbocycles. The molecule has 1 aliphatic rings. The molecule has 1 aliphatic heterocycles. The van der Waals surface area contributed by atoms with Crippen LogP contribution in [0.25, 0.3) is 10.8 Å². The fourth-order valence-corrected chi connectivity index (χ4v) is 3.42. The van der Waals surface area contributed by atoms with Crippen molar-refractivity contribution >= 4 is 16.6 Å². The van der Waals surface area contributed by atoms with E-state index in [0.717, 1.165) is 42.5 Å². The second-order valence-electron chi connectivity index (χ2n) is 6.05. The normalized spacial score (nSPS) is 16.0. The quantitative estimate of drug-likeness (QED) is 0.712. The number of piperidine rings is 1. The van der Waals surface area contributed by atoms with E-state index in [0.29, 0.717) is 5.92 Å². The van der Waals surface area contributed by atoms with Gasteiger partial charge in [-0.15, -0.1) is 0 Å². The minimum Gasteiger partial charge on any atom is -0.356 e. The molecule has 0 amide bonds. The Kier molecular flexibility index (Phi) is 3.66. The highest BCUT2D eigenvalue weighted by molar-refractivity contribution is 5.92. The van der Waals surface area contributed by atoms with E-state index in [1.54, 1.807) is 6.07 Å². The van der Waals surface area contributed by atoms with Crippen LogP contribution in [-0.4, -0.2) is 23.1 Å². The van der Waals surface area contributed by atoms with E-state index in [9.17, 15) is 4.39 Å². The molecule has 3 heterocycles. The van der Waals surface area contributed by atoms with E-state index < -0.39 is 0 Å². The van der Waals surface area contributed by atoms with Gasteiger partial charge in [0.05, 0.1) is 0 Å². The standard InChI is InChI=1S/C19H18FN3/c20-17-4-3-15-5-9-22-19(18(15)12-17)23-10-6-14(7-11-23)16-2-1-8-21-13-16/h1-5,8-9,12-14H,6-7,10-11H2. The van der Waals surface area contributed by atoms with Crippen LogP contribution in [0.15, 0.2) is 55.0 Å². The molecule has 2 aromatic heterocycles. The van der Waals surface area contributed by atoms with Crippen LogP contribution >= 0.6 is 0 Å². The number of pyridine rings is 2. The molecule has 0 unspecified atom stereocenters. The lowest BCUT2D eigenvalue weighted by atomic mass is 9.90. The molecule has 0 aliphatic carbocycles. The van der Waals surface area contributed by atoms with E-state index in [1.165, 1.54) is 11.6 Å². The number of nitrogens with zero attached hydrogens (tertiary/aromatic N) is 3. The largest absolute Gasteiger partial charge is 0.356 e. The highest BCUT2D eigenvalue weighted by atomic mass is 19.1. The fourth-order valence-electron chi connectivity index (χ4n) is 3.42. The third-order valence-corrected chi connectivity index (χ3v) is 4.66. The maximum Gasteiger partial charge on any atom is 0.136 e. The lowest BCUT2D eigenvalue weighted by molar-refractivity contribution is 0.502. The summed E-state index contributed by atoms with van der Waals surface area (Å²) in [4.78, 5) is 11.0. The zero-order chi connectivity index (χ0) is 15.6. The molecule has 3 aromatic rings. The number of aromatic nitrogens is 2. The summed E-state index contributed by atoms with van der Waals surface area (Å²) in [5, 5.41) is 1.93. The summed E-state index contributed by atoms with van der Waals surface area (Å²) in [5.41, 5.74) is 1.31. The SMILES string of the molecule is Fc1ccc2ccnc(N3CCC(c4cccnc4)CC3)c2c1. The lowest BCUT2D eigenvalue weighted by Crippen LogP contribution is -2.33. The summed E-state index contributed by atoms with van der Waals surface area (Å²) in [6, 6.07) is 11.0. The number of anilines is 1. The van der Waals surface area contributed by atoms with Gasteiger partial charge in [-0.1, -0.05) is 12.1 Å². The fraction of sp³-hybridized carbons (Fsp3) is 0.263. The topological polar surface area (TPSA) is 29.0 Å². The summed E-state index contributed by atoms with van der Waals surface area (Å²) in [5.74, 6) is 1.23. The molecule has 1 aromatic carbocycles. The number of rotatable bonds is 2. The second kappa shape index (κ2) is 5.95. The molecule has 4 rings (SSSR count). The molecular formula is C19H18FN3. The first kappa shape index (κ1) is 14.1. The van der Waals surface area contributed by atoms with Crippen molar-refractivity contribution in [2.75, 3.05) is 18.0 Å². The Morgan fingerprint density at radius 1 is 1.04 bits per heavy atom. The minimum absolute atomic E-state index is 0.211. The first-order valence-electron chi connectivity index (χ1n) is 8.00. The Balaban J connectivity index is 1.58. The van der Waals surface area contributed by atoms with Crippen molar-refractivity contribution in [2.45, 2.75) is 18.8 Å². The van der Waals surface area contributed by atoms with E-state index in [1.807, 2.05) is 36.8 Å². The third-order valence-electron chi connectivity index (χ3n) is 4.66. The zero-order valence-electron chi connectivity index (χ0n) is 12.8. The first-order valence-corrected chi connectivity index (χ1v) is 8.00. The summed E-state index contributed by atoms with van der Waals surface area (Å²) < 4.78 is 13.6. The third kappa shape index (κ3) is 2.77. The van der Waals surface area contributed by atoms with Crippen molar-refractivity contribution in [3.05, 3.63) is 66.4 Å². The van der Waals surface area contributed by atoms with Crippen LogP contribution in [0.2, 0.25) is 0 Å². The van der Waals surface area contributed by atoms with Crippen LogP contribution in [0.1, 0.15) is 24.3 Å². The van der Waals surface area contributed by atoms with Crippen molar-refractivity contribution < 1.29 is 4.39 Å². The molecule has 4 heteroatoms. The summed E-state index contributed by atoms with van der Waals surface area (Å²) in [6.45, 7) is 1.87. The first-order chi connectivity index (χ1) is 11.3. The molecule has 3 nitrogen and oxygen atoms in total. The van der Waals surface area contributed by atoms with Gasteiger partial charge in [-0.3, -0.25) is 4.98 Å². The molecule has 116 valence electrons. The van der Waals surface area contributed by atoms with Gasteiger partial charge in [0, 0.05) is 37.1 Å². The zero-order valence-corrected chi connectivity index (χ0v) is 12.8. The van der Waals surface area contributed by atoms with Gasteiger partial charge in [0.2, 0.25) is 0 Å². The number of benzene rings is 1. The van der Waals surface area contributed by atoms with Gasteiger partial charge >= 0.3 is 0 Å². The van der Waals surface area contributed by atoms with Gasteiger partial charge in [-0.05, 0) is 54.0 Å². The second-order valence-corrected chi connectivity index (χ2v) is 6.05. The van der Waals surface area contributed by atoms with Gasteiger partial charge in [-0.2, -0.15) is 0 Å². The maximum atomic E-state index is 13.6.